The molecule has 0 spiro atoms. The van der Waals surface area contributed by atoms with Gasteiger partial charge in [-0.2, -0.15) is 5.10 Å². The van der Waals surface area contributed by atoms with Gasteiger partial charge in [-0.3, -0.25) is 5.01 Å². The Labute approximate surface area is 200 Å². The Kier molecular flexibility index (Phi) is 9.76. The Morgan fingerprint density at radius 3 is 2.67 bits per heavy atom. The Bertz CT molecular complexity index is 790. The van der Waals surface area contributed by atoms with Crippen molar-refractivity contribution in [1.29, 1.82) is 0 Å². The van der Waals surface area contributed by atoms with E-state index in [-0.39, 0.29) is 23.5 Å². The van der Waals surface area contributed by atoms with Crippen LogP contribution in [0.1, 0.15) is 45.6 Å². The summed E-state index contributed by atoms with van der Waals surface area (Å²) in [6.07, 6.45) is 5.25. The number of hydrogen-bond donors (Lipinski definition) is 1. The maximum absolute atomic E-state index is 10.4. The fourth-order valence-corrected chi connectivity index (χ4v) is 3.45. The summed E-state index contributed by atoms with van der Waals surface area (Å²) in [5.41, 5.74) is 0.461. The molecule has 0 radical (unpaired) electrons. The highest BCUT2D eigenvalue weighted by molar-refractivity contribution is 6.31. The lowest BCUT2D eigenvalue weighted by atomic mass is 10.1. The van der Waals surface area contributed by atoms with Crippen molar-refractivity contribution in [2.24, 2.45) is 5.10 Å². The zero-order valence-corrected chi connectivity index (χ0v) is 20.3. The Balaban J connectivity index is 1.32. The summed E-state index contributed by atoms with van der Waals surface area (Å²) in [4.78, 5) is 4.28. The summed E-state index contributed by atoms with van der Waals surface area (Å²) in [5, 5.41) is 16.4. The molecular weight excluding hydrogens is 450 g/mol. The first-order valence-electron chi connectivity index (χ1n) is 11.3. The molecule has 1 aromatic rings. The quantitative estimate of drug-likeness (QED) is 0.478. The molecule has 2 unspecified atom stereocenters. The molecule has 0 aromatic carbocycles. The van der Waals surface area contributed by atoms with E-state index in [0.717, 1.165) is 31.4 Å². The van der Waals surface area contributed by atoms with E-state index in [0.29, 0.717) is 38.1 Å². The molecule has 0 bridgehead atoms. The number of aromatic nitrogens is 1. The normalized spacial score (nSPS) is 21.4. The highest BCUT2D eigenvalue weighted by Gasteiger charge is 2.32. The first-order valence-corrected chi connectivity index (χ1v) is 11.6. The molecule has 1 saturated heterocycles. The average Bonchev–Trinajstić information content (AvgIpc) is 2.80. The zero-order valence-electron chi connectivity index (χ0n) is 19.5. The number of halogens is 1. The molecule has 3 heterocycles. The van der Waals surface area contributed by atoms with Gasteiger partial charge in [0.2, 0.25) is 5.88 Å². The fraction of sp³-hybridized carbons (Fsp3) is 0.652. The smallest absolute Gasteiger partial charge is 0.213 e. The summed E-state index contributed by atoms with van der Waals surface area (Å²) < 4.78 is 27.9. The van der Waals surface area contributed by atoms with Crippen LogP contribution >= 0.6 is 11.6 Å². The average molecular weight is 484 g/mol. The lowest BCUT2D eigenvalue weighted by molar-refractivity contribution is -0.169. The number of nitrogens with zero attached hydrogens (tertiary/aromatic N) is 3. The first kappa shape index (κ1) is 25.7. The van der Waals surface area contributed by atoms with Crippen LogP contribution in [-0.2, 0) is 25.6 Å². The van der Waals surface area contributed by atoms with Crippen LogP contribution in [0.25, 0.3) is 0 Å². The fourth-order valence-electron chi connectivity index (χ4n) is 3.25. The number of aliphatic hydroxyl groups is 1. The number of pyridine rings is 1. The van der Waals surface area contributed by atoms with E-state index in [1.165, 1.54) is 11.2 Å². The minimum absolute atomic E-state index is 0.0914. The van der Waals surface area contributed by atoms with E-state index in [1.54, 1.807) is 12.3 Å². The van der Waals surface area contributed by atoms with Gasteiger partial charge in [-0.25, -0.2) is 4.98 Å². The maximum Gasteiger partial charge on any atom is 0.213 e. The van der Waals surface area contributed by atoms with Crippen molar-refractivity contribution >= 4 is 17.8 Å². The molecule has 184 valence electrons. The highest BCUT2D eigenvalue weighted by Crippen LogP contribution is 2.28. The lowest BCUT2D eigenvalue weighted by Crippen LogP contribution is -2.46. The number of aliphatic hydroxyl groups excluding tert-OH is 1. The van der Waals surface area contributed by atoms with Gasteiger partial charge < -0.3 is 28.8 Å². The summed E-state index contributed by atoms with van der Waals surface area (Å²) >= 11 is 6.28. The molecule has 1 N–H and O–H groups in total. The standard InChI is InChI=1S/C23H34ClN3O6/c1-23(2,3)27-22(28)21(24)18(15-26-27)33-16-17-7-8-19(25-14-17)30-12-10-29-11-13-32-20-6-4-5-9-31-20/h7-8,14-15,20,22,28H,4-6,9-13,16H2,1-3H3. The van der Waals surface area contributed by atoms with Crippen LogP contribution in [0.15, 0.2) is 34.2 Å². The van der Waals surface area contributed by atoms with Crippen LogP contribution in [0.2, 0.25) is 0 Å². The molecule has 0 saturated carbocycles. The van der Waals surface area contributed by atoms with Gasteiger partial charge in [-0.05, 0) is 46.1 Å². The molecule has 33 heavy (non-hydrogen) atoms. The first-order chi connectivity index (χ1) is 15.8. The minimum Gasteiger partial charge on any atom is -0.486 e. The molecule has 3 rings (SSSR count). The van der Waals surface area contributed by atoms with E-state index in [2.05, 4.69) is 10.1 Å². The third kappa shape index (κ3) is 8.12. The number of hydrogen-bond acceptors (Lipinski definition) is 9. The molecule has 2 aliphatic rings. The Morgan fingerprint density at radius 2 is 1.97 bits per heavy atom. The van der Waals surface area contributed by atoms with Gasteiger partial charge in [-0.15, -0.1) is 0 Å². The maximum atomic E-state index is 10.4. The monoisotopic (exact) mass is 483 g/mol. The summed E-state index contributed by atoms with van der Waals surface area (Å²) in [5.74, 6) is 0.836. The number of allylic oxidation sites excluding steroid dienone is 1. The molecule has 0 amide bonds. The molecular formula is C23H34ClN3O6. The molecule has 10 heteroatoms. The van der Waals surface area contributed by atoms with Gasteiger partial charge in [0, 0.05) is 24.4 Å². The van der Waals surface area contributed by atoms with Gasteiger partial charge in [-0.1, -0.05) is 11.6 Å². The van der Waals surface area contributed by atoms with Crippen LogP contribution in [-0.4, -0.2) is 72.4 Å². The van der Waals surface area contributed by atoms with Gasteiger partial charge in [0.25, 0.3) is 0 Å². The van der Waals surface area contributed by atoms with Crippen LogP contribution in [0.4, 0.5) is 0 Å². The van der Waals surface area contributed by atoms with E-state index < -0.39 is 6.23 Å². The SMILES string of the molecule is CC(C)(C)N1N=CC(OCc2ccc(OCCOCCOC3CCCCO3)nc2)=C(Cl)C1O. The molecule has 1 fully saturated rings. The third-order valence-electron chi connectivity index (χ3n) is 5.02. The minimum atomic E-state index is -1.05. The molecule has 2 atom stereocenters. The summed E-state index contributed by atoms with van der Waals surface area (Å²) in [6.45, 7) is 8.67. The largest absolute Gasteiger partial charge is 0.486 e. The Hall–Kier alpha value is -1.91. The topological polar surface area (TPSA) is 94.9 Å². The second-order valence-electron chi connectivity index (χ2n) is 8.77. The number of rotatable bonds is 11. The van der Waals surface area contributed by atoms with E-state index in [1.807, 2.05) is 26.8 Å². The number of hydrazone groups is 1. The molecule has 2 aliphatic heterocycles. The van der Waals surface area contributed by atoms with E-state index in [9.17, 15) is 5.11 Å². The van der Waals surface area contributed by atoms with Gasteiger partial charge >= 0.3 is 0 Å². The van der Waals surface area contributed by atoms with Crippen molar-refractivity contribution in [2.45, 2.75) is 64.7 Å². The van der Waals surface area contributed by atoms with E-state index >= 15 is 0 Å². The molecule has 0 aliphatic carbocycles. The van der Waals surface area contributed by atoms with Crippen LogP contribution < -0.4 is 4.74 Å². The van der Waals surface area contributed by atoms with Gasteiger partial charge in [0.05, 0.1) is 31.6 Å². The number of ether oxygens (including phenoxy) is 5. The van der Waals surface area contributed by atoms with Crippen molar-refractivity contribution < 1.29 is 28.8 Å². The Morgan fingerprint density at radius 1 is 1.15 bits per heavy atom. The highest BCUT2D eigenvalue weighted by atomic mass is 35.5. The molecule has 1 aromatic heterocycles. The van der Waals surface area contributed by atoms with Gasteiger partial charge in [0.1, 0.15) is 18.2 Å². The van der Waals surface area contributed by atoms with Crippen molar-refractivity contribution in [3.8, 4) is 5.88 Å². The molecule has 9 nitrogen and oxygen atoms in total. The van der Waals surface area contributed by atoms with Crippen LogP contribution in [0.3, 0.4) is 0 Å². The summed E-state index contributed by atoms with van der Waals surface area (Å²) in [7, 11) is 0. The lowest BCUT2D eigenvalue weighted by Gasteiger charge is -2.38. The van der Waals surface area contributed by atoms with Gasteiger partial charge in [0.15, 0.2) is 18.3 Å². The second-order valence-corrected chi connectivity index (χ2v) is 9.17. The third-order valence-corrected chi connectivity index (χ3v) is 5.40. The van der Waals surface area contributed by atoms with Crippen molar-refractivity contribution in [3.05, 3.63) is 34.7 Å². The summed E-state index contributed by atoms with van der Waals surface area (Å²) in [6, 6.07) is 3.62. The van der Waals surface area contributed by atoms with Crippen molar-refractivity contribution in [3.63, 3.8) is 0 Å². The van der Waals surface area contributed by atoms with Crippen molar-refractivity contribution in [1.82, 2.24) is 9.99 Å². The zero-order chi connectivity index (χ0) is 23.7. The second kappa shape index (κ2) is 12.5. The van der Waals surface area contributed by atoms with E-state index in [4.69, 9.17) is 35.3 Å². The van der Waals surface area contributed by atoms with Crippen LogP contribution in [0.5, 0.6) is 5.88 Å². The van der Waals surface area contributed by atoms with Crippen LogP contribution in [0, 0.1) is 0 Å². The van der Waals surface area contributed by atoms with Crippen molar-refractivity contribution in [2.75, 3.05) is 33.0 Å². The predicted octanol–water partition coefficient (Wildman–Crippen LogP) is 3.41. The predicted molar refractivity (Wildman–Crippen MR) is 124 cm³/mol.